The largest absolute Gasteiger partial charge is 0.382 e. The van der Waals surface area contributed by atoms with Crippen molar-refractivity contribution >= 4 is 17.4 Å². The monoisotopic (exact) mass is 227 g/mol. The van der Waals surface area contributed by atoms with Gasteiger partial charge in [-0.15, -0.1) is 0 Å². The number of nitrogen functional groups attached to an aromatic ring is 1. The van der Waals surface area contributed by atoms with Gasteiger partial charge >= 0.3 is 0 Å². The maximum Gasteiger partial charge on any atom is 0.255 e. The van der Waals surface area contributed by atoms with Gasteiger partial charge in [0.2, 0.25) is 0 Å². The highest BCUT2D eigenvalue weighted by Crippen LogP contribution is 2.16. The van der Waals surface area contributed by atoms with Crippen LogP contribution in [-0.4, -0.2) is 10.9 Å². The van der Waals surface area contributed by atoms with Crippen LogP contribution in [0.5, 0.6) is 0 Å². The second kappa shape index (κ2) is 4.65. The smallest absolute Gasteiger partial charge is 0.255 e. The third-order valence-electron chi connectivity index (χ3n) is 2.35. The molecular formula is C13H13N3O. The SMILES string of the molecule is Cc1ccc(NC(=O)c2ccccc2)c(N)n1. The van der Waals surface area contributed by atoms with E-state index in [0.29, 0.717) is 17.1 Å². The third kappa shape index (κ3) is 2.60. The quantitative estimate of drug-likeness (QED) is 0.826. The fourth-order valence-corrected chi connectivity index (χ4v) is 1.47. The topological polar surface area (TPSA) is 68.0 Å². The Labute approximate surface area is 99.5 Å². The highest BCUT2D eigenvalue weighted by molar-refractivity contribution is 6.05. The molecule has 0 aliphatic heterocycles. The highest BCUT2D eigenvalue weighted by atomic mass is 16.1. The number of hydrogen-bond donors (Lipinski definition) is 2. The Morgan fingerprint density at radius 1 is 1.18 bits per heavy atom. The molecule has 0 aliphatic rings. The maximum absolute atomic E-state index is 11.9. The van der Waals surface area contributed by atoms with Gasteiger partial charge in [-0.1, -0.05) is 18.2 Å². The van der Waals surface area contributed by atoms with Gasteiger partial charge in [0, 0.05) is 11.3 Å². The van der Waals surface area contributed by atoms with E-state index in [-0.39, 0.29) is 5.91 Å². The first kappa shape index (κ1) is 11.1. The average molecular weight is 227 g/mol. The lowest BCUT2D eigenvalue weighted by Crippen LogP contribution is -2.13. The number of nitrogens with zero attached hydrogens (tertiary/aromatic N) is 1. The number of amides is 1. The molecule has 1 aromatic carbocycles. The van der Waals surface area contributed by atoms with Crippen LogP contribution < -0.4 is 11.1 Å². The Balaban J connectivity index is 2.19. The van der Waals surface area contributed by atoms with Crippen LogP contribution in [-0.2, 0) is 0 Å². The molecule has 0 fully saturated rings. The number of hydrogen-bond acceptors (Lipinski definition) is 3. The van der Waals surface area contributed by atoms with Crippen molar-refractivity contribution in [1.82, 2.24) is 4.98 Å². The Kier molecular flexibility index (Phi) is 3.05. The highest BCUT2D eigenvalue weighted by Gasteiger charge is 2.07. The molecule has 3 N–H and O–H groups in total. The summed E-state index contributed by atoms with van der Waals surface area (Å²) in [6, 6.07) is 12.5. The van der Waals surface area contributed by atoms with Crippen molar-refractivity contribution in [1.29, 1.82) is 0 Å². The number of benzene rings is 1. The zero-order valence-corrected chi connectivity index (χ0v) is 9.47. The molecule has 0 aliphatic carbocycles. The molecule has 0 spiro atoms. The van der Waals surface area contributed by atoms with Gasteiger partial charge in [-0.2, -0.15) is 0 Å². The Hall–Kier alpha value is -2.36. The van der Waals surface area contributed by atoms with E-state index in [4.69, 9.17) is 5.73 Å². The molecule has 0 saturated carbocycles. The zero-order chi connectivity index (χ0) is 12.3. The number of aromatic nitrogens is 1. The number of aryl methyl sites for hydroxylation is 1. The van der Waals surface area contributed by atoms with E-state index in [0.717, 1.165) is 5.69 Å². The van der Waals surface area contributed by atoms with Gasteiger partial charge in [0.1, 0.15) is 5.82 Å². The van der Waals surface area contributed by atoms with Gasteiger partial charge in [0.25, 0.3) is 5.91 Å². The van der Waals surface area contributed by atoms with Crippen LogP contribution in [0.4, 0.5) is 11.5 Å². The van der Waals surface area contributed by atoms with Gasteiger partial charge < -0.3 is 11.1 Å². The van der Waals surface area contributed by atoms with E-state index in [9.17, 15) is 4.79 Å². The van der Waals surface area contributed by atoms with Crippen molar-refractivity contribution in [2.75, 3.05) is 11.1 Å². The van der Waals surface area contributed by atoms with Crippen LogP contribution in [0.3, 0.4) is 0 Å². The number of nitrogens with two attached hydrogens (primary N) is 1. The summed E-state index contributed by atoms with van der Waals surface area (Å²) >= 11 is 0. The summed E-state index contributed by atoms with van der Waals surface area (Å²) < 4.78 is 0. The first-order valence-electron chi connectivity index (χ1n) is 5.26. The van der Waals surface area contributed by atoms with Crippen molar-refractivity contribution in [3.05, 3.63) is 53.7 Å². The molecule has 0 atom stereocenters. The summed E-state index contributed by atoms with van der Waals surface area (Å²) in [7, 11) is 0. The van der Waals surface area contributed by atoms with Crippen molar-refractivity contribution < 1.29 is 4.79 Å². The minimum Gasteiger partial charge on any atom is -0.382 e. The molecule has 0 bridgehead atoms. The molecule has 2 aromatic rings. The molecule has 0 saturated heterocycles. The summed E-state index contributed by atoms with van der Waals surface area (Å²) in [5.74, 6) is 0.136. The molecule has 1 aromatic heterocycles. The lowest BCUT2D eigenvalue weighted by atomic mass is 10.2. The number of pyridine rings is 1. The van der Waals surface area contributed by atoms with E-state index < -0.39 is 0 Å². The van der Waals surface area contributed by atoms with Crippen LogP contribution in [0.25, 0.3) is 0 Å². The van der Waals surface area contributed by atoms with E-state index in [1.165, 1.54) is 0 Å². The molecule has 4 heteroatoms. The molecule has 2 rings (SSSR count). The second-order valence-electron chi connectivity index (χ2n) is 3.71. The van der Waals surface area contributed by atoms with Gasteiger partial charge in [-0.3, -0.25) is 4.79 Å². The van der Waals surface area contributed by atoms with Crippen molar-refractivity contribution in [3.63, 3.8) is 0 Å². The normalized spacial score (nSPS) is 9.94. The zero-order valence-electron chi connectivity index (χ0n) is 9.47. The fourth-order valence-electron chi connectivity index (χ4n) is 1.47. The molecule has 17 heavy (non-hydrogen) atoms. The van der Waals surface area contributed by atoms with Gasteiger partial charge in [-0.05, 0) is 31.2 Å². The molecule has 1 heterocycles. The predicted molar refractivity (Wildman–Crippen MR) is 67.8 cm³/mol. The van der Waals surface area contributed by atoms with Crippen LogP contribution >= 0.6 is 0 Å². The van der Waals surface area contributed by atoms with E-state index in [1.54, 1.807) is 24.3 Å². The second-order valence-corrected chi connectivity index (χ2v) is 3.71. The van der Waals surface area contributed by atoms with E-state index >= 15 is 0 Å². The van der Waals surface area contributed by atoms with E-state index in [2.05, 4.69) is 10.3 Å². The average Bonchev–Trinajstić information content (AvgIpc) is 2.34. The molecule has 0 unspecified atom stereocenters. The Bertz CT molecular complexity index is 538. The molecular weight excluding hydrogens is 214 g/mol. The number of nitrogens with one attached hydrogen (secondary N) is 1. The number of anilines is 2. The summed E-state index contributed by atoms with van der Waals surface area (Å²) in [5.41, 5.74) is 7.66. The number of carbonyl (C=O) groups is 1. The number of carbonyl (C=O) groups excluding carboxylic acids is 1. The van der Waals surface area contributed by atoms with Crippen LogP contribution in [0.2, 0.25) is 0 Å². The summed E-state index contributed by atoms with van der Waals surface area (Å²) in [5, 5.41) is 2.73. The summed E-state index contributed by atoms with van der Waals surface area (Å²) in [6.45, 7) is 1.85. The lowest BCUT2D eigenvalue weighted by molar-refractivity contribution is 0.102. The Morgan fingerprint density at radius 2 is 1.88 bits per heavy atom. The predicted octanol–water partition coefficient (Wildman–Crippen LogP) is 2.22. The van der Waals surface area contributed by atoms with Crippen molar-refractivity contribution in [3.8, 4) is 0 Å². The number of rotatable bonds is 2. The first-order valence-corrected chi connectivity index (χ1v) is 5.26. The van der Waals surface area contributed by atoms with Crippen LogP contribution in [0, 0.1) is 6.92 Å². The fraction of sp³-hybridized carbons (Fsp3) is 0.0769. The first-order chi connectivity index (χ1) is 8.16. The van der Waals surface area contributed by atoms with Gasteiger partial charge in [0.15, 0.2) is 0 Å². The van der Waals surface area contributed by atoms with Crippen molar-refractivity contribution in [2.45, 2.75) is 6.92 Å². The van der Waals surface area contributed by atoms with Gasteiger partial charge in [0.05, 0.1) is 5.69 Å². The minimum atomic E-state index is -0.192. The minimum absolute atomic E-state index is 0.192. The standard InChI is InChI=1S/C13H13N3O/c1-9-7-8-11(12(14)15-9)16-13(17)10-5-3-2-4-6-10/h2-8H,1H3,(H2,14,15)(H,16,17). The molecule has 1 amide bonds. The molecule has 86 valence electrons. The van der Waals surface area contributed by atoms with Crippen molar-refractivity contribution in [2.24, 2.45) is 0 Å². The van der Waals surface area contributed by atoms with Crippen LogP contribution in [0.1, 0.15) is 16.1 Å². The molecule has 4 nitrogen and oxygen atoms in total. The third-order valence-corrected chi connectivity index (χ3v) is 2.35. The Morgan fingerprint density at radius 3 is 2.53 bits per heavy atom. The van der Waals surface area contributed by atoms with Gasteiger partial charge in [-0.25, -0.2) is 4.98 Å². The van der Waals surface area contributed by atoms with Crippen LogP contribution in [0.15, 0.2) is 42.5 Å². The summed E-state index contributed by atoms with van der Waals surface area (Å²) in [4.78, 5) is 15.9. The maximum atomic E-state index is 11.9. The molecule has 0 radical (unpaired) electrons. The lowest BCUT2D eigenvalue weighted by Gasteiger charge is -2.07. The van der Waals surface area contributed by atoms with E-state index in [1.807, 2.05) is 25.1 Å². The summed E-state index contributed by atoms with van der Waals surface area (Å²) in [6.07, 6.45) is 0.